The Balaban J connectivity index is 1.54. The van der Waals surface area contributed by atoms with Crippen LogP contribution in [0.25, 0.3) is 12.0 Å². The summed E-state index contributed by atoms with van der Waals surface area (Å²) in [5, 5.41) is 19.0. The first-order chi connectivity index (χ1) is 25.8. The van der Waals surface area contributed by atoms with Crippen molar-refractivity contribution in [1.29, 1.82) is 0 Å². The number of para-hydroxylation sites is 2. The third kappa shape index (κ3) is 8.35. The van der Waals surface area contributed by atoms with Gasteiger partial charge >= 0.3 is 23.8 Å². The van der Waals surface area contributed by atoms with Crippen LogP contribution in [0.2, 0.25) is 0 Å². The molecule has 0 aliphatic heterocycles. The molecular weight excluding hydrogens is 785 g/mol. The van der Waals surface area contributed by atoms with Gasteiger partial charge in [0.1, 0.15) is 9.80 Å². The van der Waals surface area contributed by atoms with E-state index in [1.807, 2.05) is 0 Å². The Labute approximate surface area is 311 Å². The fraction of sp³-hybridized carbons (Fsp3) is 0.0312. The molecule has 0 amide bonds. The summed E-state index contributed by atoms with van der Waals surface area (Å²) in [6.45, 7) is 1.79. The second-order valence-corrected chi connectivity index (χ2v) is 15.6. The number of pyridine rings is 1. The molecule has 0 unspecified atom stereocenters. The molecule has 55 heavy (non-hydrogen) atoms. The Hall–Kier alpha value is -6.50. The first-order valence-electron chi connectivity index (χ1n) is 15.2. The normalized spacial score (nSPS) is 13.9. The summed E-state index contributed by atoms with van der Waals surface area (Å²) in [5.41, 5.74) is 0.560. The number of allylic oxidation sites excluding steroid dienone is 1. The molecule has 0 fully saturated rings. The largest absolute Gasteiger partial charge is 0.478 e. The zero-order chi connectivity index (χ0) is 39.9. The molecule has 282 valence electrons. The van der Waals surface area contributed by atoms with Crippen LogP contribution < -0.4 is 20.6 Å². The Bertz CT molecular complexity index is 2850. The fourth-order valence-corrected chi connectivity index (χ4v) is 7.01. The van der Waals surface area contributed by atoms with Gasteiger partial charge in [-0.25, -0.2) is 9.36 Å². The molecule has 7 N–H and O–H groups in total. The topological polar surface area (TPSA) is 308 Å². The SMILES string of the molecule is Cc1ccccc1Nc1nc(Nc2cc(S(=O)(=O)O)cc3c2C(=O)/C(=N/Nc2ccccc2S(=O)(=O)O)C(S(=O)(=O)O)=C3)nc(-[n+]2cccc(C(=O)O)c2)n1. The number of rotatable bonds is 11. The lowest BCUT2D eigenvalue weighted by atomic mass is 9.93. The molecule has 3 aromatic carbocycles. The van der Waals surface area contributed by atoms with Crippen molar-refractivity contribution in [3.8, 4) is 5.95 Å². The molecule has 0 saturated carbocycles. The molecule has 2 heterocycles. The summed E-state index contributed by atoms with van der Waals surface area (Å²) in [7, 11) is -15.2. The number of aromatic nitrogens is 4. The minimum atomic E-state index is -5.31. The quantitative estimate of drug-likeness (QED) is 0.0573. The number of fused-ring (bicyclic) bond motifs is 1. The number of carbonyl (C=O) groups is 2. The number of hydrogen-bond donors (Lipinski definition) is 7. The van der Waals surface area contributed by atoms with Crippen LogP contribution in [0.4, 0.5) is 29.0 Å². The molecule has 0 radical (unpaired) electrons. The second-order valence-electron chi connectivity index (χ2n) is 11.4. The highest BCUT2D eigenvalue weighted by atomic mass is 32.2. The van der Waals surface area contributed by atoms with Crippen LogP contribution in [-0.2, 0) is 30.4 Å². The number of nitrogens with zero attached hydrogens (tertiary/aromatic N) is 5. The zero-order valence-electron chi connectivity index (χ0n) is 27.7. The second kappa shape index (κ2) is 14.4. The summed E-state index contributed by atoms with van der Waals surface area (Å²) in [6.07, 6.45) is 3.30. The Morgan fingerprint density at radius 1 is 0.764 bits per heavy atom. The molecular formula is C32H25N8O12S3+. The van der Waals surface area contributed by atoms with Gasteiger partial charge in [-0.05, 0) is 76.6 Å². The average Bonchev–Trinajstić information content (AvgIpc) is 3.11. The van der Waals surface area contributed by atoms with Crippen molar-refractivity contribution in [2.45, 2.75) is 16.7 Å². The van der Waals surface area contributed by atoms with E-state index >= 15 is 0 Å². The predicted molar refractivity (Wildman–Crippen MR) is 193 cm³/mol. The minimum absolute atomic E-state index is 0.126. The third-order valence-corrected chi connectivity index (χ3v) is 10.3. The van der Waals surface area contributed by atoms with Gasteiger partial charge in [-0.1, -0.05) is 30.3 Å². The maximum absolute atomic E-state index is 14.2. The molecule has 5 aromatic rings. The van der Waals surface area contributed by atoms with Crippen LogP contribution in [0.1, 0.15) is 31.8 Å². The molecule has 2 aromatic heterocycles. The van der Waals surface area contributed by atoms with Crippen LogP contribution in [-0.4, -0.2) is 76.4 Å². The van der Waals surface area contributed by atoms with E-state index in [1.54, 1.807) is 31.2 Å². The van der Waals surface area contributed by atoms with Crippen molar-refractivity contribution in [3.63, 3.8) is 0 Å². The lowest BCUT2D eigenvalue weighted by Crippen LogP contribution is -2.34. The molecule has 6 rings (SSSR count). The van der Waals surface area contributed by atoms with Gasteiger partial charge in [0, 0.05) is 5.69 Å². The van der Waals surface area contributed by atoms with E-state index in [0.717, 1.165) is 29.8 Å². The van der Waals surface area contributed by atoms with Gasteiger partial charge < -0.3 is 15.7 Å². The van der Waals surface area contributed by atoms with E-state index in [-0.39, 0.29) is 23.4 Å². The van der Waals surface area contributed by atoms with Gasteiger partial charge in [0.05, 0.1) is 39.8 Å². The third-order valence-electron chi connectivity index (χ3n) is 7.67. The molecule has 1 aliphatic carbocycles. The van der Waals surface area contributed by atoms with Crippen molar-refractivity contribution < 1.29 is 58.2 Å². The maximum atomic E-state index is 14.2. The number of carbonyl (C=O) groups excluding carboxylic acids is 1. The molecule has 20 nitrogen and oxygen atoms in total. The molecule has 0 atom stereocenters. The Kier molecular flexibility index (Phi) is 10.00. The van der Waals surface area contributed by atoms with E-state index in [9.17, 15) is 53.6 Å². The van der Waals surface area contributed by atoms with E-state index in [4.69, 9.17) is 0 Å². The predicted octanol–water partition coefficient (Wildman–Crippen LogP) is 3.03. The average molecular weight is 810 g/mol. The smallest absolute Gasteiger partial charge is 0.444 e. The van der Waals surface area contributed by atoms with Crippen molar-refractivity contribution >= 4 is 82.9 Å². The Morgan fingerprint density at radius 2 is 1.40 bits per heavy atom. The molecule has 0 bridgehead atoms. The number of carboxylic acid groups (broad SMARTS) is 1. The van der Waals surface area contributed by atoms with Gasteiger partial charge in [-0.3, -0.25) is 23.9 Å². The number of aromatic carboxylic acids is 1. The van der Waals surface area contributed by atoms with Crippen molar-refractivity contribution in [3.05, 3.63) is 112 Å². The summed E-state index contributed by atoms with van der Waals surface area (Å²) < 4.78 is 105. The number of nitrogens with one attached hydrogen (secondary N) is 3. The summed E-state index contributed by atoms with van der Waals surface area (Å²) in [6, 6.07) is 16.0. The number of aryl methyl sites for hydroxylation is 1. The number of anilines is 5. The van der Waals surface area contributed by atoms with Crippen LogP contribution >= 0.6 is 0 Å². The van der Waals surface area contributed by atoms with Gasteiger partial charge in [-0.15, -0.1) is 4.98 Å². The molecule has 0 saturated heterocycles. The molecule has 1 aliphatic rings. The van der Waals surface area contributed by atoms with Crippen molar-refractivity contribution in [2.75, 3.05) is 16.1 Å². The van der Waals surface area contributed by atoms with Crippen molar-refractivity contribution in [1.82, 2.24) is 15.0 Å². The number of carboxylic acids is 1. The van der Waals surface area contributed by atoms with E-state index in [1.165, 1.54) is 41.2 Å². The van der Waals surface area contributed by atoms with E-state index < -0.39 is 85.0 Å². The highest BCUT2D eigenvalue weighted by Gasteiger charge is 2.36. The number of hydrazone groups is 1. The number of hydrogen-bond acceptors (Lipinski definition) is 15. The minimum Gasteiger partial charge on any atom is -0.478 e. The van der Waals surface area contributed by atoms with Gasteiger partial charge in [0.2, 0.25) is 5.78 Å². The fourth-order valence-electron chi connectivity index (χ4n) is 5.17. The highest BCUT2D eigenvalue weighted by Crippen LogP contribution is 2.35. The zero-order valence-corrected chi connectivity index (χ0v) is 30.1. The van der Waals surface area contributed by atoms with Gasteiger partial charge in [0.25, 0.3) is 30.4 Å². The maximum Gasteiger partial charge on any atom is 0.444 e. The lowest BCUT2D eigenvalue weighted by Gasteiger charge is -2.20. The standard InChI is InChI=1S/C32H24N8O12S3/c1-17-7-2-3-9-21(17)33-30-35-31(37-32(36-30)40-12-6-8-18(16-40)29(42)43)34-23-15-20(53(44,45)46)13-19-14-25(55(50,51)52)27(28(41)26(19)23)39-38-22-10-4-5-11-24(22)54(47,48)49/h2-16H,1H3,(H6-,33,34,35,36,37,38,41,42,43,44,45,46,47,48,49,50,51,52)/p+1. The summed E-state index contributed by atoms with van der Waals surface area (Å²) in [4.78, 5) is 36.2. The number of ketones is 1. The van der Waals surface area contributed by atoms with Crippen LogP contribution in [0.5, 0.6) is 0 Å². The van der Waals surface area contributed by atoms with Gasteiger partial charge in [-0.2, -0.15) is 30.4 Å². The summed E-state index contributed by atoms with van der Waals surface area (Å²) in [5.74, 6) is -3.24. The lowest BCUT2D eigenvalue weighted by molar-refractivity contribution is -0.603. The number of Topliss-reactive ketones (excluding diaryl/α,β-unsaturated/α-hetero) is 1. The molecule has 0 spiro atoms. The first kappa shape index (κ1) is 38.2. The number of benzene rings is 3. The van der Waals surface area contributed by atoms with E-state index in [2.05, 4.69) is 36.1 Å². The first-order valence-corrected chi connectivity index (χ1v) is 19.5. The van der Waals surface area contributed by atoms with Crippen LogP contribution in [0, 0.1) is 6.92 Å². The summed E-state index contributed by atoms with van der Waals surface area (Å²) >= 11 is 0. The monoisotopic (exact) mass is 809 g/mol. The van der Waals surface area contributed by atoms with Gasteiger partial charge in [0.15, 0.2) is 5.71 Å². The Morgan fingerprint density at radius 3 is 2.02 bits per heavy atom. The van der Waals surface area contributed by atoms with Crippen LogP contribution in [0.15, 0.2) is 105 Å². The van der Waals surface area contributed by atoms with E-state index in [0.29, 0.717) is 11.8 Å². The van der Waals surface area contributed by atoms with Crippen LogP contribution in [0.3, 0.4) is 0 Å². The molecule has 23 heteroatoms. The van der Waals surface area contributed by atoms with Crippen molar-refractivity contribution in [2.24, 2.45) is 5.10 Å². The highest BCUT2D eigenvalue weighted by molar-refractivity contribution is 7.91.